The van der Waals surface area contributed by atoms with Gasteiger partial charge in [0.1, 0.15) is 11.4 Å². The van der Waals surface area contributed by atoms with Crippen LogP contribution in [0.15, 0.2) is 47.4 Å². The Hall–Kier alpha value is -3.04. The molecule has 0 aliphatic carbocycles. The molecule has 0 bridgehead atoms. The molecule has 3 heterocycles. The largest absolute Gasteiger partial charge is 0.431 e. The summed E-state index contributed by atoms with van der Waals surface area (Å²) >= 11 is 5.98. The van der Waals surface area contributed by atoms with Gasteiger partial charge in [0, 0.05) is 35.4 Å². The zero-order valence-electron chi connectivity index (χ0n) is 17.7. The number of nitrogens with one attached hydrogen (secondary N) is 1. The number of alkyl halides is 3. The summed E-state index contributed by atoms with van der Waals surface area (Å²) in [5.41, 5.74) is -0.984. The SMILES string of the molecule is Cc1c(-c2ccc(Cl)cc2)c(C(=O)N2CCOCC2)n(Cc2ccc[nH]c2=O)c1C(F)(F)F. The normalized spacial score (nSPS) is 14.5. The number of amides is 1. The van der Waals surface area contributed by atoms with E-state index < -0.39 is 29.9 Å². The van der Waals surface area contributed by atoms with Gasteiger partial charge < -0.3 is 19.2 Å². The van der Waals surface area contributed by atoms with Crippen molar-refractivity contribution >= 4 is 17.5 Å². The van der Waals surface area contributed by atoms with Crippen LogP contribution < -0.4 is 5.56 Å². The predicted octanol–water partition coefficient (Wildman–Crippen LogP) is 4.34. The molecule has 1 aliphatic heterocycles. The van der Waals surface area contributed by atoms with E-state index in [1.54, 1.807) is 24.3 Å². The number of ether oxygens (including phenoxy) is 1. The van der Waals surface area contributed by atoms with Crippen molar-refractivity contribution in [3.05, 3.63) is 80.5 Å². The molecule has 1 fully saturated rings. The summed E-state index contributed by atoms with van der Waals surface area (Å²) in [4.78, 5) is 29.9. The third-order valence-electron chi connectivity index (χ3n) is 5.64. The number of carbonyl (C=O) groups excluding carboxylic acids is 1. The zero-order valence-corrected chi connectivity index (χ0v) is 18.5. The molecule has 0 radical (unpaired) electrons. The summed E-state index contributed by atoms with van der Waals surface area (Å²) in [5.74, 6) is -0.547. The van der Waals surface area contributed by atoms with Crippen LogP contribution in [0.1, 0.15) is 27.3 Å². The summed E-state index contributed by atoms with van der Waals surface area (Å²) in [5, 5.41) is 0.420. The maximum atomic E-state index is 14.3. The van der Waals surface area contributed by atoms with Crippen LogP contribution in [0, 0.1) is 6.92 Å². The lowest BCUT2D eigenvalue weighted by molar-refractivity contribution is -0.143. The Morgan fingerprint density at radius 2 is 1.82 bits per heavy atom. The van der Waals surface area contributed by atoms with Gasteiger partial charge in [0.05, 0.1) is 19.8 Å². The third-order valence-corrected chi connectivity index (χ3v) is 5.89. The minimum atomic E-state index is -4.75. The molecule has 10 heteroatoms. The standard InChI is InChI=1S/C23H21ClF3N3O3/c1-14-18(15-4-6-17(24)7-5-15)19(22(32)29-9-11-33-12-10-29)30(20(14)23(25,26)27)13-16-3-2-8-28-21(16)31/h2-8H,9-13H2,1H3,(H,28,31). The zero-order chi connectivity index (χ0) is 23.8. The molecule has 6 nitrogen and oxygen atoms in total. The fourth-order valence-electron chi connectivity index (χ4n) is 4.13. The number of halogens is 4. The van der Waals surface area contributed by atoms with E-state index in [1.807, 2.05) is 0 Å². The maximum absolute atomic E-state index is 14.3. The van der Waals surface area contributed by atoms with Crippen molar-refractivity contribution in [2.45, 2.75) is 19.6 Å². The van der Waals surface area contributed by atoms with E-state index in [1.165, 1.54) is 30.2 Å². The Balaban J connectivity index is 2.00. The van der Waals surface area contributed by atoms with Crippen LogP contribution in [-0.4, -0.2) is 46.7 Å². The van der Waals surface area contributed by atoms with E-state index in [-0.39, 0.29) is 35.5 Å². The van der Waals surface area contributed by atoms with Crippen LogP contribution in [0.5, 0.6) is 0 Å². The molecule has 0 unspecified atom stereocenters. The summed E-state index contributed by atoms with van der Waals surface area (Å²) in [6, 6.07) is 9.27. The van der Waals surface area contributed by atoms with Gasteiger partial charge in [-0.15, -0.1) is 0 Å². The summed E-state index contributed by atoms with van der Waals surface area (Å²) in [7, 11) is 0. The fourth-order valence-corrected chi connectivity index (χ4v) is 4.25. The van der Waals surface area contributed by atoms with Crippen molar-refractivity contribution in [3.8, 4) is 11.1 Å². The number of benzene rings is 1. The summed E-state index contributed by atoms with van der Waals surface area (Å²) in [6.07, 6.45) is -3.35. The molecule has 0 spiro atoms. The number of H-pyrrole nitrogens is 1. The van der Waals surface area contributed by atoms with Gasteiger partial charge in [-0.25, -0.2) is 0 Å². The monoisotopic (exact) mass is 479 g/mol. The molecule has 33 heavy (non-hydrogen) atoms. The molecule has 1 saturated heterocycles. The second kappa shape index (κ2) is 9.07. The van der Waals surface area contributed by atoms with Crippen molar-refractivity contribution in [1.82, 2.24) is 14.5 Å². The number of hydrogen-bond donors (Lipinski definition) is 1. The van der Waals surface area contributed by atoms with E-state index in [2.05, 4.69) is 4.98 Å². The number of rotatable bonds is 4. The number of nitrogens with zero attached hydrogens (tertiary/aromatic N) is 2. The van der Waals surface area contributed by atoms with E-state index in [0.29, 0.717) is 23.8 Å². The van der Waals surface area contributed by atoms with Crippen LogP contribution in [0.25, 0.3) is 11.1 Å². The number of carbonyl (C=O) groups is 1. The van der Waals surface area contributed by atoms with E-state index >= 15 is 0 Å². The molecule has 0 atom stereocenters. The molecule has 1 amide bonds. The summed E-state index contributed by atoms with van der Waals surface area (Å²) < 4.78 is 49.2. The van der Waals surface area contributed by atoms with Crippen molar-refractivity contribution in [2.24, 2.45) is 0 Å². The number of pyridine rings is 1. The summed E-state index contributed by atoms with van der Waals surface area (Å²) in [6.45, 7) is 2.05. The van der Waals surface area contributed by atoms with Gasteiger partial charge in [0.25, 0.3) is 11.5 Å². The number of hydrogen-bond acceptors (Lipinski definition) is 3. The Morgan fingerprint density at radius 3 is 2.42 bits per heavy atom. The average Bonchev–Trinajstić information content (AvgIpc) is 3.08. The first kappa shape index (κ1) is 23.1. The first-order valence-electron chi connectivity index (χ1n) is 10.3. The molecule has 3 aromatic rings. The second-order valence-electron chi connectivity index (χ2n) is 7.72. The molecule has 1 aromatic carbocycles. The first-order chi connectivity index (χ1) is 15.7. The van der Waals surface area contributed by atoms with Crippen LogP contribution in [0.2, 0.25) is 5.02 Å². The fraction of sp³-hybridized carbons (Fsp3) is 0.304. The molecule has 1 aliphatic rings. The van der Waals surface area contributed by atoms with Gasteiger partial charge in [0.2, 0.25) is 0 Å². The Labute approximate surface area is 192 Å². The Kier molecular flexibility index (Phi) is 6.36. The van der Waals surface area contributed by atoms with Crippen molar-refractivity contribution in [3.63, 3.8) is 0 Å². The maximum Gasteiger partial charge on any atom is 0.431 e. The van der Waals surface area contributed by atoms with Gasteiger partial charge >= 0.3 is 6.18 Å². The highest BCUT2D eigenvalue weighted by molar-refractivity contribution is 6.30. The minimum absolute atomic E-state index is 0.0891. The third kappa shape index (κ3) is 4.56. The molecule has 2 aromatic heterocycles. The highest BCUT2D eigenvalue weighted by Crippen LogP contribution is 2.41. The van der Waals surface area contributed by atoms with Crippen molar-refractivity contribution in [2.75, 3.05) is 26.3 Å². The van der Waals surface area contributed by atoms with Gasteiger partial charge in [-0.3, -0.25) is 9.59 Å². The topological polar surface area (TPSA) is 67.3 Å². The molecule has 4 rings (SSSR count). The quantitative estimate of drug-likeness (QED) is 0.605. The van der Waals surface area contributed by atoms with Crippen molar-refractivity contribution in [1.29, 1.82) is 0 Å². The van der Waals surface area contributed by atoms with Gasteiger partial charge in [-0.05, 0) is 36.2 Å². The van der Waals surface area contributed by atoms with Crippen LogP contribution in [0.4, 0.5) is 13.2 Å². The highest BCUT2D eigenvalue weighted by Gasteiger charge is 2.42. The molecular weight excluding hydrogens is 459 g/mol. The lowest BCUT2D eigenvalue weighted by Gasteiger charge is -2.28. The smallest absolute Gasteiger partial charge is 0.378 e. The van der Waals surface area contributed by atoms with Gasteiger partial charge in [-0.1, -0.05) is 29.8 Å². The lowest BCUT2D eigenvalue weighted by Crippen LogP contribution is -2.42. The molecule has 174 valence electrons. The minimum Gasteiger partial charge on any atom is -0.378 e. The van der Waals surface area contributed by atoms with E-state index in [4.69, 9.17) is 16.3 Å². The Morgan fingerprint density at radius 1 is 1.15 bits per heavy atom. The first-order valence-corrected chi connectivity index (χ1v) is 10.7. The van der Waals surface area contributed by atoms with E-state index in [0.717, 1.165) is 4.57 Å². The van der Waals surface area contributed by atoms with Gasteiger partial charge in [-0.2, -0.15) is 13.2 Å². The number of aromatic nitrogens is 2. The number of morpholine rings is 1. The van der Waals surface area contributed by atoms with Crippen LogP contribution >= 0.6 is 11.6 Å². The lowest BCUT2D eigenvalue weighted by atomic mass is 10.00. The van der Waals surface area contributed by atoms with E-state index in [9.17, 15) is 22.8 Å². The van der Waals surface area contributed by atoms with Crippen LogP contribution in [0.3, 0.4) is 0 Å². The number of aromatic amines is 1. The Bertz CT molecular complexity index is 1230. The predicted molar refractivity (Wildman–Crippen MR) is 118 cm³/mol. The second-order valence-corrected chi connectivity index (χ2v) is 8.15. The average molecular weight is 480 g/mol. The molecule has 1 N–H and O–H groups in total. The van der Waals surface area contributed by atoms with Gasteiger partial charge in [0.15, 0.2) is 0 Å². The highest BCUT2D eigenvalue weighted by atomic mass is 35.5. The molecular formula is C23H21ClF3N3O3. The molecule has 0 saturated carbocycles. The van der Waals surface area contributed by atoms with Crippen molar-refractivity contribution < 1.29 is 22.7 Å². The van der Waals surface area contributed by atoms with Crippen LogP contribution in [-0.2, 0) is 17.5 Å².